The molecule has 0 saturated heterocycles. The molecule has 9 nitrogen and oxygen atoms in total. The second-order valence-electron chi connectivity index (χ2n) is 8.55. The Balaban J connectivity index is 1.56. The lowest BCUT2D eigenvalue weighted by atomic mass is 10.2. The van der Waals surface area contributed by atoms with Gasteiger partial charge in [-0.05, 0) is 55.5 Å². The van der Waals surface area contributed by atoms with Gasteiger partial charge in [0, 0.05) is 31.5 Å². The van der Waals surface area contributed by atoms with Gasteiger partial charge < -0.3 is 25.3 Å². The average Bonchev–Trinajstić information content (AvgIpc) is 3.46. The molecule has 12 heteroatoms. The number of aromatic nitrogens is 2. The van der Waals surface area contributed by atoms with Gasteiger partial charge >= 0.3 is 12.4 Å². The average molecular weight is 483 g/mol. The Morgan fingerprint density at radius 2 is 1.85 bits per heavy atom. The van der Waals surface area contributed by atoms with Crippen molar-refractivity contribution in [3.63, 3.8) is 0 Å². The van der Waals surface area contributed by atoms with Gasteiger partial charge in [0.05, 0.1) is 0 Å². The molecule has 1 saturated carbocycles. The number of halogens is 3. The van der Waals surface area contributed by atoms with Gasteiger partial charge in [-0.25, -0.2) is 9.78 Å². The Morgan fingerprint density at radius 1 is 1.15 bits per heavy atom. The molecule has 0 radical (unpaired) electrons. The van der Waals surface area contributed by atoms with Crippen molar-refractivity contribution in [3.05, 3.63) is 36.3 Å². The Bertz CT molecular complexity index is 971. The molecule has 3 rings (SSSR count). The van der Waals surface area contributed by atoms with Crippen molar-refractivity contribution < 1.29 is 27.5 Å². The molecule has 1 fully saturated rings. The van der Waals surface area contributed by atoms with Gasteiger partial charge in [-0.15, -0.1) is 13.2 Å². The summed E-state index contributed by atoms with van der Waals surface area (Å²) < 4.78 is 42.3. The van der Waals surface area contributed by atoms with E-state index in [1.165, 1.54) is 12.1 Å². The van der Waals surface area contributed by atoms with E-state index in [1.807, 2.05) is 0 Å². The van der Waals surface area contributed by atoms with E-state index in [9.17, 15) is 22.8 Å². The first-order chi connectivity index (χ1) is 16.1. The van der Waals surface area contributed by atoms with Crippen LogP contribution in [0, 0.1) is 11.8 Å². The van der Waals surface area contributed by atoms with Crippen molar-refractivity contribution in [3.8, 4) is 5.75 Å². The number of carbonyl (C=O) groups excluding carboxylic acids is 2. The van der Waals surface area contributed by atoms with Crippen LogP contribution in [0.5, 0.6) is 5.75 Å². The molecule has 0 spiro atoms. The number of benzene rings is 1. The molecule has 2 aromatic rings. The van der Waals surface area contributed by atoms with Crippen LogP contribution in [-0.4, -0.2) is 47.5 Å². The standard InChI is InChI=1S/C22H29F3N6O3/c1-14(2)11-26-9-10-27-20(32)19-29-18(13-31(19)12-15-3-4-15)30-21(33)28-16-5-7-17(8-6-16)34-22(23,24)25/h5-8,13-15,26H,3-4,9-12H2,1-2H3,(H,27,32)(H2,28,30,33). The van der Waals surface area contributed by atoms with Crippen molar-refractivity contribution in [1.82, 2.24) is 20.2 Å². The van der Waals surface area contributed by atoms with Crippen LogP contribution in [-0.2, 0) is 6.54 Å². The number of anilines is 2. The van der Waals surface area contributed by atoms with E-state index >= 15 is 0 Å². The minimum Gasteiger partial charge on any atom is -0.406 e. The van der Waals surface area contributed by atoms with E-state index < -0.39 is 18.1 Å². The molecule has 1 heterocycles. The number of nitrogens with one attached hydrogen (secondary N) is 4. The third-order valence-electron chi connectivity index (χ3n) is 4.86. The lowest BCUT2D eigenvalue weighted by Crippen LogP contribution is -2.34. The number of carbonyl (C=O) groups is 2. The first-order valence-electron chi connectivity index (χ1n) is 11.1. The summed E-state index contributed by atoms with van der Waals surface area (Å²) in [6, 6.07) is 4.08. The molecule has 1 aromatic heterocycles. The van der Waals surface area contributed by atoms with Gasteiger partial charge in [0.15, 0.2) is 5.82 Å². The quantitative estimate of drug-likeness (QED) is 0.364. The van der Waals surface area contributed by atoms with E-state index in [0.29, 0.717) is 31.5 Å². The zero-order valence-electron chi connectivity index (χ0n) is 19.0. The van der Waals surface area contributed by atoms with E-state index in [0.717, 1.165) is 31.5 Å². The van der Waals surface area contributed by atoms with Crippen LogP contribution in [0.15, 0.2) is 30.5 Å². The monoisotopic (exact) mass is 482 g/mol. The van der Waals surface area contributed by atoms with E-state index in [1.54, 1.807) is 10.8 Å². The summed E-state index contributed by atoms with van der Waals surface area (Å²) in [6.45, 7) is 6.76. The summed E-state index contributed by atoms with van der Waals surface area (Å²) in [5, 5.41) is 11.1. The third kappa shape index (κ3) is 8.58. The van der Waals surface area contributed by atoms with Crippen LogP contribution in [0.4, 0.5) is 29.5 Å². The fraction of sp³-hybridized carbons (Fsp3) is 0.500. The second-order valence-corrected chi connectivity index (χ2v) is 8.55. The zero-order valence-corrected chi connectivity index (χ0v) is 19.0. The molecular weight excluding hydrogens is 453 g/mol. The zero-order chi connectivity index (χ0) is 24.7. The molecule has 1 aromatic carbocycles. The molecule has 0 aliphatic heterocycles. The van der Waals surface area contributed by atoms with E-state index in [-0.39, 0.29) is 23.2 Å². The van der Waals surface area contributed by atoms with Crippen LogP contribution in [0.2, 0.25) is 0 Å². The number of hydrogen-bond donors (Lipinski definition) is 4. The smallest absolute Gasteiger partial charge is 0.406 e. The lowest BCUT2D eigenvalue weighted by molar-refractivity contribution is -0.274. The Kier molecular flexibility index (Phi) is 8.37. The summed E-state index contributed by atoms with van der Waals surface area (Å²) in [5.74, 6) is 0.665. The summed E-state index contributed by atoms with van der Waals surface area (Å²) in [5.41, 5.74) is 0.260. The number of ether oxygens (including phenoxy) is 1. The Hall–Kier alpha value is -3.28. The van der Waals surface area contributed by atoms with Crippen molar-refractivity contribution in [2.75, 3.05) is 30.3 Å². The van der Waals surface area contributed by atoms with Gasteiger partial charge in [0.25, 0.3) is 5.91 Å². The topological polar surface area (TPSA) is 109 Å². The van der Waals surface area contributed by atoms with Crippen molar-refractivity contribution in [2.24, 2.45) is 11.8 Å². The van der Waals surface area contributed by atoms with Gasteiger partial charge in [0.1, 0.15) is 5.75 Å². The van der Waals surface area contributed by atoms with E-state index in [4.69, 9.17) is 0 Å². The third-order valence-corrected chi connectivity index (χ3v) is 4.86. The van der Waals surface area contributed by atoms with Crippen LogP contribution < -0.4 is 26.0 Å². The predicted octanol–water partition coefficient (Wildman–Crippen LogP) is 3.81. The molecular formula is C22H29F3N6O3. The molecule has 1 aliphatic carbocycles. The maximum Gasteiger partial charge on any atom is 0.573 e. The fourth-order valence-corrected chi connectivity index (χ4v) is 3.13. The Morgan fingerprint density at radius 3 is 2.47 bits per heavy atom. The van der Waals surface area contributed by atoms with Gasteiger partial charge in [-0.1, -0.05) is 13.8 Å². The predicted molar refractivity (Wildman–Crippen MR) is 121 cm³/mol. The fourth-order valence-electron chi connectivity index (χ4n) is 3.13. The highest BCUT2D eigenvalue weighted by Gasteiger charge is 2.31. The number of amides is 3. The van der Waals surface area contributed by atoms with Crippen LogP contribution in [0.25, 0.3) is 0 Å². The minimum absolute atomic E-state index is 0.193. The van der Waals surface area contributed by atoms with Crippen LogP contribution in [0.3, 0.4) is 0 Å². The Labute approximate surface area is 195 Å². The summed E-state index contributed by atoms with van der Waals surface area (Å²) in [7, 11) is 0. The van der Waals surface area contributed by atoms with Crippen LogP contribution in [0.1, 0.15) is 37.3 Å². The van der Waals surface area contributed by atoms with Gasteiger partial charge in [0.2, 0.25) is 5.82 Å². The summed E-state index contributed by atoms with van der Waals surface area (Å²) in [4.78, 5) is 29.2. The molecule has 34 heavy (non-hydrogen) atoms. The first-order valence-corrected chi connectivity index (χ1v) is 11.1. The van der Waals surface area contributed by atoms with Crippen molar-refractivity contribution >= 4 is 23.4 Å². The number of hydrogen-bond acceptors (Lipinski definition) is 5. The maximum absolute atomic E-state index is 12.6. The second kappa shape index (κ2) is 11.2. The SMILES string of the molecule is CC(C)CNCCNC(=O)c1nc(NC(=O)Nc2ccc(OC(F)(F)F)cc2)cn1CC1CC1. The van der Waals surface area contributed by atoms with Gasteiger partial charge in [-0.2, -0.15) is 0 Å². The lowest BCUT2D eigenvalue weighted by Gasteiger charge is -2.10. The van der Waals surface area contributed by atoms with Crippen LogP contribution >= 0.6 is 0 Å². The first kappa shape index (κ1) is 25.3. The normalized spacial score (nSPS) is 13.6. The van der Waals surface area contributed by atoms with Gasteiger partial charge in [-0.3, -0.25) is 10.1 Å². The summed E-state index contributed by atoms with van der Waals surface area (Å²) >= 11 is 0. The summed E-state index contributed by atoms with van der Waals surface area (Å²) in [6.07, 6.45) is -1.03. The number of nitrogens with zero attached hydrogens (tertiary/aromatic N) is 2. The number of alkyl halides is 3. The van der Waals surface area contributed by atoms with Crippen molar-refractivity contribution in [1.29, 1.82) is 0 Å². The molecule has 0 unspecified atom stereocenters. The van der Waals surface area contributed by atoms with E-state index in [2.05, 4.69) is 44.8 Å². The molecule has 1 aliphatic rings. The molecule has 4 N–H and O–H groups in total. The highest BCUT2D eigenvalue weighted by atomic mass is 19.4. The highest BCUT2D eigenvalue weighted by Crippen LogP contribution is 2.31. The maximum atomic E-state index is 12.6. The number of urea groups is 1. The highest BCUT2D eigenvalue weighted by molar-refractivity contribution is 5.99. The number of imidazole rings is 1. The molecule has 3 amide bonds. The number of rotatable bonds is 11. The minimum atomic E-state index is -4.79. The molecule has 0 bridgehead atoms. The largest absolute Gasteiger partial charge is 0.573 e. The molecule has 0 atom stereocenters. The molecule has 186 valence electrons. The van der Waals surface area contributed by atoms with Crippen molar-refractivity contribution in [2.45, 2.75) is 39.6 Å².